The van der Waals surface area contributed by atoms with E-state index in [4.69, 9.17) is 5.11 Å². The van der Waals surface area contributed by atoms with Crippen molar-refractivity contribution in [2.45, 2.75) is 96.5 Å². The van der Waals surface area contributed by atoms with E-state index < -0.39 is 42.0 Å². The Hall–Kier alpha value is -1.37. The summed E-state index contributed by atoms with van der Waals surface area (Å²) in [4.78, 5) is 34.6. The highest BCUT2D eigenvalue weighted by molar-refractivity contribution is 5.86. The van der Waals surface area contributed by atoms with Gasteiger partial charge in [-0.2, -0.15) is 8.78 Å². The number of aliphatic carboxylic acids is 1. The first-order chi connectivity index (χ1) is 13.1. The Kier molecular flexibility index (Phi) is 10.2. The van der Waals surface area contributed by atoms with Crippen LogP contribution < -0.4 is 0 Å². The number of ketones is 2. The van der Waals surface area contributed by atoms with Crippen LogP contribution in [0.4, 0.5) is 8.78 Å². The molecule has 1 fully saturated rings. The van der Waals surface area contributed by atoms with E-state index in [1.165, 1.54) is 0 Å². The largest absolute Gasteiger partial charge is 0.481 e. The molecule has 0 aliphatic heterocycles. The lowest BCUT2D eigenvalue weighted by atomic mass is 9.84. The fourth-order valence-corrected chi connectivity index (χ4v) is 3.95. The second-order valence-electron chi connectivity index (χ2n) is 8.24. The first kappa shape index (κ1) is 24.7. The zero-order valence-corrected chi connectivity index (χ0v) is 17.0. The number of Topliss-reactive ketones (excluding diaryl/α,β-unsaturated/α-hetero) is 2. The molecule has 1 saturated carbocycles. The maximum atomic E-state index is 14.1. The number of halogens is 2. The van der Waals surface area contributed by atoms with Gasteiger partial charge in [-0.05, 0) is 31.1 Å². The number of rotatable bonds is 14. The summed E-state index contributed by atoms with van der Waals surface area (Å²) in [6, 6.07) is 0. The molecule has 0 bridgehead atoms. The van der Waals surface area contributed by atoms with Gasteiger partial charge in [-0.1, -0.05) is 39.5 Å². The Morgan fingerprint density at radius 2 is 1.79 bits per heavy atom. The van der Waals surface area contributed by atoms with Gasteiger partial charge in [0, 0.05) is 31.6 Å². The van der Waals surface area contributed by atoms with E-state index in [-0.39, 0.29) is 37.4 Å². The number of carbonyl (C=O) groups excluding carboxylic acids is 2. The molecular formula is C21H34F2O5. The van der Waals surface area contributed by atoms with Crippen LogP contribution in [0.15, 0.2) is 0 Å². The summed E-state index contributed by atoms with van der Waals surface area (Å²) >= 11 is 0. The highest BCUT2D eigenvalue weighted by Gasteiger charge is 2.43. The van der Waals surface area contributed by atoms with Gasteiger partial charge in [-0.3, -0.25) is 14.4 Å². The Morgan fingerprint density at radius 3 is 2.39 bits per heavy atom. The summed E-state index contributed by atoms with van der Waals surface area (Å²) in [5.74, 6) is -6.45. The number of unbranched alkanes of at least 4 members (excludes halogenated alkanes) is 3. The van der Waals surface area contributed by atoms with Crippen molar-refractivity contribution in [3.8, 4) is 0 Å². The van der Waals surface area contributed by atoms with Crippen LogP contribution >= 0.6 is 0 Å². The highest BCUT2D eigenvalue weighted by Crippen LogP contribution is 2.37. The number of hydrogen-bond acceptors (Lipinski definition) is 4. The van der Waals surface area contributed by atoms with Crippen molar-refractivity contribution < 1.29 is 33.4 Å². The smallest absolute Gasteiger partial charge is 0.305 e. The fraction of sp³-hybridized carbons (Fsp3) is 0.857. The normalized spacial score (nSPS) is 23.8. The van der Waals surface area contributed by atoms with Crippen molar-refractivity contribution in [1.82, 2.24) is 0 Å². The summed E-state index contributed by atoms with van der Waals surface area (Å²) in [5, 5.41) is 18.8. The standard InChI is InChI=1S/C21H34F2O5/c1-3-14(2)13-21(22,23)19(26)11-10-16-15(17(24)12-18(16)25)8-6-4-5-7-9-20(27)28/h14-16,18,25H,3-13H2,1-2H3,(H,27,28)/t14-,15+,16+,18+/m0/s1. The molecule has 1 aliphatic rings. The molecule has 28 heavy (non-hydrogen) atoms. The average Bonchev–Trinajstić information content (AvgIpc) is 2.87. The van der Waals surface area contributed by atoms with Gasteiger partial charge < -0.3 is 10.2 Å². The topological polar surface area (TPSA) is 91.7 Å². The van der Waals surface area contributed by atoms with E-state index in [0.29, 0.717) is 19.3 Å². The van der Waals surface area contributed by atoms with Crippen LogP contribution in [0.25, 0.3) is 0 Å². The Balaban J connectivity index is 2.49. The SMILES string of the molecule is CC[C@H](C)CC(F)(F)C(=O)CC[C@H]1[C@H](O)CC(=O)[C@@H]1CCCCCCC(=O)O. The van der Waals surface area contributed by atoms with E-state index in [2.05, 4.69) is 0 Å². The van der Waals surface area contributed by atoms with Gasteiger partial charge in [0.15, 0.2) is 0 Å². The second-order valence-corrected chi connectivity index (χ2v) is 8.24. The molecule has 0 unspecified atom stereocenters. The van der Waals surface area contributed by atoms with Crippen molar-refractivity contribution in [3.05, 3.63) is 0 Å². The minimum absolute atomic E-state index is 0.0196. The van der Waals surface area contributed by atoms with Gasteiger partial charge in [0.25, 0.3) is 0 Å². The van der Waals surface area contributed by atoms with Crippen molar-refractivity contribution in [3.63, 3.8) is 0 Å². The first-order valence-corrected chi connectivity index (χ1v) is 10.4. The van der Waals surface area contributed by atoms with E-state index >= 15 is 0 Å². The van der Waals surface area contributed by atoms with Gasteiger partial charge in [0.05, 0.1) is 6.10 Å². The Labute approximate surface area is 165 Å². The average molecular weight is 404 g/mol. The van der Waals surface area contributed by atoms with Crippen LogP contribution in [-0.2, 0) is 14.4 Å². The first-order valence-electron chi connectivity index (χ1n) is 10.4. The lowest BCUT2D eigenvalue weighted by molar-refractivity contribution is -0.146. The predicted octanol–water partition coefficient (Wildman–Crippen LogP) is 4.40. The van der Waals surface area contributed by atoms with E-state index in [9.17, 15) is 28.3 Å². The molecule has 0 saturated heterocycles. The molecule has 0 aromatic carbocycles. The maximum Gasteiger partial charge on any atom is 0.305 e. The summed E-state index contributed by atoms with van der Waals surface area (Å²) in [6.45, 7) is 3.49. The molecule has 0 radical (unpaired) electrons. The molecule has 1 aliphatic carbocycles. The van der Waals surface area contributed by atoms with E-state index in [0.717, 1.165) is 19.3 Å². The maximum absolute atomic E-state index is 14.1. The van der Waals surface area contributed by atoms with Gasteiger partial charge >= 0.3 is 11.9 Å². The zero-order valence-electron chi connectivity index (χ0n) is 17.0. The molecule has 0 heterocycles. The lowest BCUT2D eigenvalue weighted by Crippen LogP contribution is -2.32. The minimum atomic E-state index is -3.36. The predicted molar refractivity (Wildman–Crippen MR) is 101 cm³/mol. The third kappa shape index (κ3) is 7.94. The molecule has 0 spiro atoms. The monoisotopic (exact) mass is 404 g/mol. The minimum Gasteiger partial charge on any atom is -0.481 e. The number of alkyl halides is 2. The van der Waals surface area contributed by atoms with Gasteiger partial charge in [-0.25, -0.2) is 0 Å². The van der Waals surface area contributed by atoms with Crippen molar-refractivity contribution >= 4 is 17.5 Å². The molecule has 2 N–H and O–H groups in total. The Bertz CT molecular complexity index is 535. The zero-order chi connectivity index (χ0) is 21.3. The molecule has 5 nitrogen and oxygen atoms in total. The quantitative estimate of drug-likeness (QED) is 0.419. The summed E-state index contributed by atoms with van der Waals surface area (Å²) in [5.41, 5.74) is 0. The van der Waals surface area contributed by atoms with Crippen LogP contribution in [-0.4, -0.2) is 39.8 Å². The molecule has 0 amide bonds. The lowest BCUT2D eigenvalue weighted by Gasteiger charge is -2.23. The number of hydrogen-bond donors (Lipinski definition) is 2. The number of aliphatic hydroxyl groups excluding tert-OH is 1. The molecule has 7 heteroatoms. The van der Waals surface area contributed by atoms with Gasteiger partial charge in [-0.15, -0.1) is 0 Å². The summed E-state index contributed by atoms with van der Waals surface area (Å²) in [6.07, 6.45) is 2.54. The van der Waals surface area contributed by atoms with Crippen molar-refractivity contribution in [2.24, 2.45) is 17.8 Å². The third-order valence-corrected chi connectivity index (χ3v) is 5.91. The summed E-state index contributed by atoms with van der Waals surface area (Å²) < 4.78 is 28.1. The number of carboxylic acids is 1. The highest BCUT2D eigenvalue weighted by atomic mass is 19.3. The van der Waals surface area contributed by atoms with Crippen molar-refractivity contribution in [1.29, 1.82) is 0 Å². The fourth-order valence-electron chi connectivity index (χ4n) is 3.95. The third-order valence-electron chi connectivity index (χ3n) is 5.91. The van der Waals surface area contributed by atoms with E-state index in [1.54, 1.807) is 13.8 Å². The van der Waals surface area contributed by atoms with Crippen molar-refractivity contribution in [2.75, 3.05) is 0 Å². The number of aliphatic hydroxyl groups is 1. The van der Waals surface area contributed by atoms with Crippen LogP contribution in [0.2, 0.25) is 0 Å². The molecule has 0 aromatic heterocycles. The van der Waals surface area contributed by atoms with Crippen LogP contribution in [0.5, 0.6) is 0 Å². The molecule has 4 atom stereocenters. The summed E-state index contributed by atoms with van der Waals surface area (Å²) in [7, 11) is 0. The van der Waals surface area contributed by atoms with Crippen LogP contribution in [0, 0.1) is 17.8 Å². The molecule has 1 rings (SSSR count). The molecule has 0 aromatic rings. The van der Waals surface area contributed by atoms with E-state index in [1.807, 2.05) is 0 Å². The molecule has 162 valence electrons. The van der Waals surface area contributed by atoms with Crippen LogP contribution in [0.1, 0.15) is 84.5 Å². The number of carbonyl (C=O) groups is 3. The molecular weight excluding hydrogens is 370 g/mol. The Morgan fingerprint density at radius 1 is 1.14 bits per heavy atom. The van der Waals surface area contributed by atoms with Gasteiger partial charge in [0.2, 0.25) is 5.78 Å². The van der Waals surface area contributed by atoms with Crippen LogP contribution in [0.3, 0.4) is 0 Å². The van der Waals surface area contributed by atoms with Gasteiger partial charge in [0.1, 0.15) is 5.78 Å². The second kappa shape index (κ2) is 11.6. The number of carboxylic acid groups (broad SMARTS) is 1.